The predicted molar refractivity (Wildman–Crippen MR) is 65.4 cm³/mol. The Kier molecular flexibility index (Phi) is 3.45. The molecule has 2 aliphatic heterocycles. The van der Waals surface area contributed by atoms with Crippen LogP contribution >= 0.6 is 0 Å². The molecule has 0 bridgehead atoms. The molecule has 0 saturated carbocycles. The minimum atomic E-state index is -2.94. The normalized spacial score (nSPS) is 37.1. The summed E-state index contributed by atoms with van der Waals surface area (Å²) in [7, 11) is -2.94. The van der Waals surface area contributed by atoms with Crippen molar-refractivity contribution in [1.82, 2.24) is 10.2 Å². The zero-order valence-corrected chi connectivity index (χ0v) is 11.2. The van der Waals surface area contributed by atoms with Crippen LogP contribution in [0.3, 0.4) is 0 Å². The SMILES string of the molecule is CC1CNCC1C(=O)N1CCS(=O)(=O)CC1C. The quantitative estimate of drug-likeness (QED) is 0.689. The molecule has 0 aromatic carbocycles. The standard InChI is InChI=1S/C11H20N2O3S/c1-8-5-12-6-10(8)11(14)13-3-4-17(15,16)7-9(13)2/h8-10,12H,3-7H2,1-2H3. The Bertz CT molecular complexity index is 407. The summed E-state index contributed by atoms with van der Waals surface area (Å²) < 4.78 is 22.9. The van der Waals surface area contributed by atoms with Crippen LogP contribution in [0.4, 0.5) is 0 Å². The molecule has 2 aliphatic rings. The highest BCUT2D eigenvalue weighted by Crippen LogP contribution is 2.22. The van der Waals surface area contributed by atoms with Gasteiger partial charge in [0.05, 0.1) is 17.4 Å². The van der Waals surface area contributed by atoms with E-state index in [9.17, 15) is 13.2 Å². The van der Waals surface area contributed by atoms with Crippen molar-refractivity contribution in [3.63, 3.8) is 0 Å². The van der Waals surface area contributed by atoms with E-state index in [0.717, 1.165) is 13.1 Å². The highest BCUT2D eigenvalue weighted by Gasteiger charge is 2.37. The Labute approximate surface area is 102 Å². The topological polar surface area (TPSA) is 66.5 Å². The average Bonchev–Trinajstić information content (AvgIpc) is 2.62. The molecule has 3 atom stereocenters. The zero-order valence-electron chi connectivity index (χ0n) is 10.3. The van der Waals surface area contributed by atoms with Crippen LogP contribution in [0.15, 0.2) is 0 Å². The second kappa shape index (κ2) is 4.57. The van der Waals surface area contributed by atoms with Crippen molar-refractivity contribution in [3.05, 3.63) is 0 Å². The van der Waals surface area contributed by atoms with E-state index in [1.54, 1.807) is 4.90 Å². The molecule has 2 fully saturated rings. The second-order valence-corrected chi connectivity index (χ2v) is 7.47. The Morgan fingerprint density at radius 3 is 2.53 bits per heavy atom. The third-order valence-electron chi connectivity index (χ3n) is 3.79. The van der Waals surface area contributed by atoms with Gasteiger partial charge in [-0.1, -0.05) is 6.92 Å². The van der Waals surface area contributed by atoms with Gasteiger partial charge in [0, 0.05) is 19.1 Å². The molecule has 0 aliphatic carbocycles. The molecule has 1 N–H and O–H groups in total. The van der Waals surface area contributed by atoms with Crippen molar-refractivity contribution in [3.8, 4) is 0 Å². The summed E-state index contributed by atoms with van der Waals surface area (Å²) in [5, 5.41) is 3.21. The van der Waals surface area contributed by atoms with Crippen LogP contribution in [-0.4, -0.2) is 56.4 Å². The fourth-order valence-corrected chi connectivity index (χ4v) is 4.24. The smallest absolute Gasteiger partial charge is 0.227 e. The lowest BCUT2D eigenvalue weighted by atomic mass is 9.96. The molecule has 98 valence electrons. The van der Waals surface area contributed by atoms with E-state index in [4.69, 9.17) is 0 Å². The highest BCUT2D eigenvalue weighted by atomic mass is 32.2. The third kappa shape index (κ3) is 2.63. The van der Waals surface area contributed by atoms with Gasteiger partial charge in [0.25, 0.3) is 0 Å². The first-order valence-corrected chi connectivity index (χ1v) is 7.94. The fraction of sp³-hybridized carbons (Fsp3) is 0.909. The molecule has 3 unspecified atom stereocenters. The van der Waals surface area contributed by atoms with Crippen molar-refractivity contribution in [2.45, 2.75) is 19.9 Å². The van der Waals surface area contributed by atoms with Crippen LogP contribution in [-0.2, 0) is 14.6 Å². The molecule has 0 spiro atoms. The van der Waals surface area contributed by atoms with Gasteiger partial charge in [-0.2, -0.15) is 0 Å². The van der Waals surface area contributed by atoms with Gasteiger partial charge >= 0.3 is 0 Å². The maximum absolute atomic E-state index is 12.3. The summed E-state index contributed by atoms with van der Waals surface area (Å²) in [5.74, 6) is 0.682. The molecule has 2 saturated heterocycles. The van der Waals surface area contributed by atoms with Gasteiger partial charge in [0.15, 0.2) is 9.84 Å². The number of nitrogens with zero attached hydrogens (tertiary/aromatic N) is 1. The number of rotatable bonds is 1. The molecule has 17 heavy (non-hydrogen) atoms. The lowest BCUT2D eigenvalue weighted by molar-refractivity contribution is -0.137. The first-order chi connectivity index (χ1) is 7.91. The van der Waals surface area contributed by atoms with E-state index >= 15 is 0 Å². The van der Waals surface area contributed by atoms with Gasteiger partial charge in [-0.15, -0.1) is 0 Å². The summed E-state index contributed by atoms with van der Waals surface area (Å²) in [6.45, 7) is 5.83. The van der Waals surface area contributed by atoms with Gasteiger partial charge in [-0.3, -0.25) is 4.79 Å². The number of sulfone groups is 1. The van der Waals surface area contributed by atoms with E-state index in [1.165, 1.54) is 0 Å². The van der Waals surface area contributed by atoms with Crippen molar-refractivity contribution in [1.29, 1.82) is 0 Å². The molecule has 0 aromatic rings. The highest BCUT2D eigenvalue weighted by molar-refractivity contribution is 7.91. The van der Waals surface area contributed by atoms with Gasteiger partial charge in [0.2, 0.25) is 5.91 Å². The Balaban J connectivity index is 2.05. The summed E-state index contributed by atoms with van der Waals surface area (Å²) in [5.41, 5.74) is 0. The molecule has 6 heteroatoms. The van der Waals surface area contributed by atoms with Gasteiger partial charge in [0.1, 0.15) is 0 Å². The second-order valence-electron chi connectivity index (χ2n) is 5.24. The number of nitrogens with one attached hydrogen (secondary N) is 1. The first kappa shape index (κ1) is 12.8. The van der Waals surface area contributed by atoms with Crippen LogP contribution in [0.25, 0.3) is 0 Å². The number of hydrogen-bond acceptors (Lipinski definition) is 4. The molecule has 2 rings (SSSR count). The van der Waals surface area contributed by atoms with Crippen LogP contribution in [0.2, 0.25) is 0 Å². The molecule has 2 heterocycles. The lowest BCUT2D eigenvalue weighted by Gasteiger charge is -2.35. The largest absolute Gasteiger partial charge is 0.338 e. The maximum atomic E-state index is 12.3. The molecular formula is C11H20N2O3S. The Hall–Kier alpha value is -0.620. The van der Waals surface area contributed by atoms with Gasteiger partial charge in [-0.05, 0) is 19.4 Å². The predicted octanol–water partition coefficient (Wildman–Crippen LogP) is -0.513. The van der Waals surface area contributed by atoms with Crippen molar-refractivity contribution in [2.75, 3.05) is 31.1 Å². The van der Waals surface area contributed by atoms with E-state index in [2.05, 4.69) is 12.2 Å². The van der Waals surface area contributed by atoms with Crippen molar-refractivity contribution >= 4 is 15.7 Å². The van der Waals surface area contributed by atoms with Crippen LogP contribution in [0.1, 0.15) is 13.8 Å². The number of carbonyl (C=O) groups excluding carboxylic acids is 1. The number of amides is 1. The number of carbonyl (C=O) groups is 1. The van der Waals surface area contributed by atoms with Crippen LogP contribution in [0.5, 0.6) is 0 Å². The van der Waals surface area contributed by atoms with E-state index in [-0.39, 0.29) is 29.4 Å². The molecular weight excluding hydrogens is 240 g/mol. The third-order valence-corrected chi connectivity index (χ3v) is 5.58. The average molecular weight is 260 g/mol. The van der Waals surface area contributed by atoms with Crippen LogP contribution in [0, 0.1) is 11.8 Å². The minimum Gasteiger partial charge on any atom is -0.338 e. The van der Waals surface area contributed by atoms with Gasteiger partial charge in [-0.25, -0.2) is 8.42 Å². The Morgan fingerprint density at radius 1 is 1.29 bits per heavy atom. The monoisotopic (exact) mass is 260 g/mol. The van der Waals surface area contributed by atoms with Crippen molar-refractivity contribution in [2.24, 2.45) is 11.8 Å². The summed E-state index contributed by atoms with van der Waals surface area (Å²) in [6, 6.07) is -0.186. The summed E-state index contributed by atoms with van der Waals surface area (Å²) in [4.78, 5) is 14.1. The minimum absolute atomic E-state index is 0.0123. The molecule has 0 aromatic heterocycles. The van der Waals surface area contributed by atoms with Gasteiger partial charge < -0.3 is 10.2 Å². The maximum Gasteiger partial charge on any atom is 0.227 e. The summed E-state index contributed by atoms with van der Waals surface area (Å²) in [6.07, 6.45) is 0. The Morgan fingerprint density at radius 2 is 2.00 bits per heavy atom. The molecule has 0 radical (unpaired) electrons. The van der Waals surface area contributed by atoms with E-state index in [1.807, 2.05) is 6.92 Å². The number of hydrogen-bond donors (Lipinski definition) is 1. The molecule has 5 nitrogen and oxygen atoms in total. The van der Waals surface area contributed by atoms with Crippen LogP contribution < -0.4 is 5.32 Å². The van der Waals surface area contributed by atoms with Crippen molar-refractivity contribution < 1.29 is 13.2 Å². The first-order valence-electron chi connectivity index (χ1n) is 6.12. The van der Waals surface area contributed by atoms with E-state index < -0.39 is 9.84 Å². The zero-order chi connectivity index (χ0) is 12.6. The fourth-order valence-electron chi connectivity index (χ4n) is 2.68. The van der Waals surface area contributed by atoms with E-state index in [0.29, 0.717) is 12.5 Å². The lowest BCUT2D eigenvalue weighted by Crippen LogP contribution is -2.52. The molecule has 1 amide bonds. The summed E-state index contributed by atoms with van der Waals surface area (Å²) >= 11 is 0.